The molecule has 2 unspecified atom stereocenters. The van der Waals surface area contributed by atoms with E-state index in [4.69, 9.17) is 9.47 Å². The maximum Gasteiger partial charge on any atom is 0.259 e. The van der Waals surface area contributed by atoms with Crippen LogP contribution >= 0.6 is 0 Å². The molecule has 2 atom stereocenters. The number of carbonyl (C=O) groups is 1. The number of carbonyl (C=O) groups excluding carboxylic acids is 1. The molecular weight excluding hydrogens is 351 g/mol. The van der Waals surface area contributed by atoms with E-state index in [1.165, 1.54) is 19.2 Å². The van der Waals surface area contributed by atoms with E-state index in [0.717, 1.165) is 0 Å². The number of morpholine rings is 1. The smallest absolute Gasteiger partial charge is 0.259 e. The summed E-state index contributed by atoms with van der Waals surface area (Å²) in [5, 5.41) is 12.7. The molecule has 3 rings (SSSR count). The number of rotatable bonds is 4. The minimum atomic E-state index is -0.549. The largest absolute Gasteiger partial charge is 0.504 e. The van der Waals surface area contributed by atoms with Gasteiger partial charge in [0.2, 0.25) is 0 Å². The maximum atomic E-state index is 14.6. The molecule has 6 nitrogen and oxygen atoms in total. The first kappa shape index (κ1) is 19.0. The topological polar surface area (TPSA) is 71.0 Å². The van der Waals surface area contributed by atoms with Gasteiger partial charge < -0.3 is 24.8 Å². The van der Waals surface area contributed by atoms with Crippen molar-refractivity contribution in [3.8, 4) is 11.5 Å². The van der Waals surface area contributed by atoms with Crippen LogP contribution in [0.2, 0.25) is 0 Å². The molecule has 2 aromatic rings. The van der Waals surface area contributed by atoms with Crippen molar-refractivity contribution >= 4 is 17.3 Å². The zero-order valence-corrected chi connectivity index (χ0v) is 15.5. The number of hydrogen-bond acceptors (Lipinski definition) is 5. The molecular formula is C20H23FN2O4. The summed E-state index contributed by atoms with van der Waals surface area (Å²) >= 11 is 0. The molecule has 0 spiro atoms. The molecule has 2 aromatic carbocycles. The zero-order chi connectivity index (χ0) is 19.6. The van der Waals surface area contributed by atoms with Crippen molar-refractivity contribution in [3.05, 3.63) is 47.8 Å². The number of hydrogen-bond donors (Lipinski definition) is 2. The fraction of sp³-hybridized carbons (Fsp3) is 0.350. The molecule has 1 aliphatic rings. The van der Waals surface area contributed by atoms with E-state index in [2.05, 4.69) is 5.32 Å². The number of ether oxygens (including phenoxy) is 2. The predicted molar refractivity (Wildman–Crippen MR) is 101 cm³/mol. The third-order valence-electron chi connectivity index (χ3n) is 4.43. The van der Waals surface area contributed by atoms with Gasteiger partial charge in [-0.3, -0.25) is 4.79 Å². The van der Waals surface area contributed by atoms with E-state index in [0.29, 0.717) is 24.5 Å². The Morgan fingerprint density at radius 2 is 1.96 bits per heavy atom. The molecule has 0 saturated carbocycles. The van der Waals surface area contributed by atoms with Crippen molar-refractivity contribution < 1.29 is 23.8 Å². The van der Waals surface area contributed by atoms with Gasteiger partial charge in [-0.05, 0) is 44.2 Å². The van der Waals surface area contributed by atoms with Crippen LogP contribution in [0.5, 0.6) is 11.5 Å². The van der Waals surface area contributed by atoms with Gasteiger partial charge in [-0.1, -0.05) is 6.07 Å². The lowest BCUT2D eigenvalue weighted by Gasteiger charge is -2.37. The number of phenols is 1. The van der Waals surface area contributed by atoms with Gasteiger partial charge in [0.05, 0.1) is 30.6 Å². The Morgan fingerprint density at radius 3 is 2.59 bits per heavy atom. The monoisotopic (exact) mass is 374 g/mol. The van der Waals surface area contributed by atoms with Gasteiger partial charge in [0.15, 0.2) is 11.5 Å². The van der Waals surface area contributed by atoms with Crippen LogP contribution in [0, 0.1) is 5.82 Å². The summed E-state index contributed by atoms with van der Waals surface area (Å²) in [4.78, 5) is 14.3. The van der Waals surface area contributed by atoms with E-state index in [1.54, 1.807) is 24.3 Å². The number of phenolic OH excluding ortho intramolecular Hbond substituents is 1. The second-order valence-electron chi connectivity index (χ2n) is 6.64. The highest BCUT2D eigenvalue weighted by Gasteiger charge is 2.24. The van der Waals surface area contributed by atoms with Crippen molar-refractivity contribution in [2.24, 2.45) is 0 Å². The lowest BCUT2D eigenvalue weighted by Crippen LogP contribution is -2.45. The molecule has 0 aromatic heterocycles. The number of benzene rings is 2. The fourth-order valence-electron chi connectivity index (χ4n) is 3.28. The number of anilines is 2. The Bertz CT molecular complexity index is 833. The summed E-state index contributed by atoms with van der Waals surface area (Å²) in [5.74, 6) is -1.04. The van der Waals surface area contributed by atoms with E-state index < -0.39 is 11.7 Å². The third kappa shape index (κ3) is 4.14. The first-order valence-electron chi connectivity index (χ1n) is 8.76. The van der Waals surface area contributed by atoms with Crippen LogP contribution in [-0.4, -0.2) is 43.4 Å². The van der Waals surface area contributed by atoms with Crippen molar-refractivity contribution in [2.75, 3.05) is 30.4 Å². The number of amides is 1. The summed E-state index contributed by atoms with van der Waals surface area (Å²) in [5.41, 5.74) is 0.826. The number of aromatic hydroxyl groups is 1. The number of para-hydroxylation sites is 1. The summed E-state index contributed by atoms with van der Waals surface area (Å²) in [6.07, 6.45) is 0.0344. The molecule has 27 heavy (non-hydrogen) atoms. The minimum absolute atomic E-state index is 0.0172. The minimum Gasteiger partial charge on any atom is -0.504 e. The molecule has 1 fully saturated rings. The number of halogens is 1. The van der Waals surface area contributed by atoms with Crippen LogP contribution in [0.15, 0.2) is 36.4 Å². The van der Waals surface area contributed by atoms with E-state index in [-0.39, 0.29) is 29.3 Å². The highest BCUT2D eigenvalue weighted by molar-refractivity contribution is 6.06. The summed E-state index contributed by atoms with van der Waals surface area (Å²) < 4.78 is 25.3. The standard InChI is InChI=1S/C20H23FN2O4/c1-12-10-23(11-13(2)27-12)17-8-7-14(9-16(17)21)22-20(25)15-5-4-6-18(26-3)19(15)24/h4-9,12-13,24H,10-11H2,1-3H3,(H,22,25). The first-order valence-corrected chi connectivity index (χ1v) is 8.76. The van der Waals surface area contributed by atoms with E-state index in [1.807, 2.05) is 18.7 Å². The zero-order valence-electron chi connectivity index (χ0n) is 15.5. The van der Waals surface area contributed by atoms with Crippen LogP contribution in [0.4, 0.5) is 15.8 Å². The molecule has 7 heteroatoms. The summed E-state index contributed by atoms with van der Waals surface area (Å²) in [6, 6.07) is 9.16. The predicted octanol–water partition coefficient (Wildman–Crippen LogP) is 3.41. The molecule has 1 saturated heterocycles. The van der Waals surface area contributed by atoms with Gasteiger partial charge in [-0.2, -0.15) is 0 Å². The van der Waals surface area contributed by atoms with Crippen LogP contribution in [0.1, 0.15) is 24.2 Å². The van der Waals surface area contributed by atoms with Gasteiger partial charge >= 0.3 is 0 Å². The van der Waals surface area contributed by atoms with Gasteiger partial charge in [0, 0.05) is 18.8 Å². The molecule has 144 valence electrons. The average molecular weight is 374 g/mol. The normalized spacial score (nSPS) is 19.6. The molecule has 0 radical (unpaired) electrons. The van der Waals surface area contributed by atoms with E-state index >= 15 is 0 Å². The lowest BCUT2D eigenvalue weighted by atomic mass is 10.1. The number of nitrogens with one attached hydrogen (secondary N) is 1. The van der Waals surface area contributed by atoms with E-state index in [9.17, 15) is 14.3 Å². The molecule has 1 amide bonds. The van der Waals surface area contributed by atoms with Crippen LogP contribution < -0.4 is 15.0 Å². The van der Waals surface area contributed by atoms with Crippen molar-refractivity contribution in [3.63, 3.8) is 0 Å². The Hall–Kier alpha value is -2.80. The Labute approximate surface area is 157 Å². The Morgan fingerprint density at radius 1 is 1.26 bits per heavy atom. The SMILES string of the molecule is COc1cccc(C(=O)Nc2ccc(N3CC(C)OC(C)C3)c(F)c2)c1O. The molecule has 2 N–H and O–H groups in total. The van der Waals surface area contributed by atoms with Gasteiger partial charge in [-0.15, -0.1) is 0 Å². The summed E-state index contributed by atoms with van der Waals surface area (Å²) in [6.45, 7) is 5.11. The number of methoxy groups -OCH3 is 1. The van der Waals surface area contributed by atoms with Crippen LogP contribution in [-0.2, 0) is 4.74 Å². The second-order valence-corrected chi connectivity index (χ2v) is 6.64. The first-order chi connectivity index (χ1) is 12.9. The highest BCUT2D eigenvalue weighted by atomic mass is 19.1. The molecule has 1 aliphatic heterocycles. The molecule has 0 bridgehead atoms. The quantitative estimate of drug-likeness (QED) is 0.858. The Kier molecular flexibility index (Phi) is 5.51. The van der Waals surface area contributed by atoms with Crippen molar-refractivity contribution in [1.82, 2.24) is 0 Å². The fourth-order valence-corrected chi connectivity index (χ4v) is 3.28. The third-order valence-corrected chi connectivity index (χ3v) is 4.43. The van der Waals surface area contributed by atoms with Crippen LogP contribution in [0.25, 0.3) is 0 Å². The lowest BCUT2D eigenvalue weighted by molar-refractivity contribution is -0.00539. The average Bonchev–Trinajstić information content (AvgIpc) is 2.61. The van der Waals surface area contributed by atoms with Gasteiger partial charge in [0.1, 0.15) is 5.82 Å². The second kappa shape index (κ2) is 7.84. The maximum absolute atomic E-state index is 14.6. The van der Waals surface area contributed by atoms with Crippen molar-refractivity contribution in [1.29, 1.82) is 0 Å². The Balaban J connectivity index is 1.77. The summed E-state index contributed by atoms with van der Waals surface area (Å²) in [7, 11) is 1.40. The van der Waals surface area contributed by atoms with Gasteiger partial charge in [-0.25, -0.2) is 4.39 Å². The number of nitrogens with zero attached hydrogens (tertiary/aromatic N) is 1. The highest BCUT2D eigenvalue weighted by Crippen LogP contribution is 2.31. The van der Waals surface area contributed by atoms with Crippen LogP contribution in [0.3, 0.4) is 0 Å². The van der Waals surface area contributed by atoms with Crippen molar-refractivity contribution in [2.45, 2.75) is 26.1 Å². The van der Waals surface area contributed by atoms with Gasteiger partial charge in [0.25, 0.3) is 5.91 Å². The molecule has 0 aliphatic carbocycles. The molecule has 1 heterocycles.